The molecule has 6 nitrogen and oxygen atoms in total. The predicted molar refractivity (Wildman–Crippen MR) is 147 cm³/mol. The first-order chi connectivity index (χ1) is 18.0. The lowest BCUT2D eigenvalue weighted by Crippen LogP contribution is -2.08. The molecule has 0 aliphatic rings. The van der Waals surface area contributed by atoms with Crippen LogP contribution in [-0.4, -0.2) is 27.9 Å². The van der Waals surface area contributed by atoms with E-state index in [1.54, 1.807) is 46.5 Å². The largest absolute Gasteiger partial charge is 0.493 e. The maximum absolute atomic E-state index is 13.3. The normalized spacial score (nSPS) is 11.0. The number of benzene rings is 3. The maximum atomic E-state index is 13.3. The summed E-state index contributed by atoms with van der Waals surface area (Å²) >= 11 is 0. The second-order valence-corrected chi connectivity index (χ2v) is 8.35. The van der Waals surface area contributed by atoms with Crippen molar-refractivity contribution in [2.24, 2.45) is 0 Å². The number of rotatable bonds is 10. The molecule has 0 aliphatic carbocycles. The lowest BCUT2D eigenvalue weighted by molar-refractivity contribution is 0.324. The Kier molecular flexibility index (Phi) is 7.98. The molecule has 4 rings (SSSR count). The van der Waals surface area contributed by atoms with Crippen LogP contribution in [0.4, 0.5) is 0 Å². The fourth-order valence-corrected chi connectivity index (χ4v) is 4.22. The van der Waals surface area contributed by atoms with Gasteiger partial charge in [0.2, 0.25) is 5.75 Å². The number of ether oxygens (including phenoxy) is 4. The number of hydrogen-bond acceptors (Lipinski definition) is 6. The van der Waals surface area contributed by atoms with Gasteiger partial charge in [0.05, 0.1) is 32.3 Å². The molecule has 3 aromatic carbocycles. The highest BCUT2D eigenvalue weighted by molar-refractivity contribution is 5.90. The molecule has 1 heterocycles. The Balaban J connectivity index is 1.83. The van der Waals surface area contributed by atoms with Gasteiger partial charge < -0.3 is 23.4 Å². The van der Waals surface area contributed by atoms with Gasteiger partial charge in [-0.15, -0.1) is 0 Å². The minimum absolute atomic E-state index is 0.0744. The van der Waals surface area contributed by atoms with Crippen LogP contribution in [0.15, 0.2) is 82.5 Å². The number of fused-ring (bicyclic) bond motifs is 1. The van der Waals surface area contributed by atoms with Crippen molar-refractivity contribution in [1.29, 1.82) is 0 Å². The highest BCUT2D eigenvalue weighted by Gasteiger charge is 2.17. The minimum Gasteiger partial charge on any atom is -0.493 e. The van der Waals surface area contributed by atoms with Crippen molar-refractivity contribution in [3.8, 4) is 34.3 Å². The molecule has 0 atom stereocenters. The third-order valence-corrected chi connectivity index (χ3v) is 6.04. The van der Waals surface area contributed by atoms with Crippen molar-refractivity contribution in [3.63, 3.8) is 0 Å². The van der Waals surface area contributed by atoms with Crippen LogP contribution < -0.4 is 24.4 Å². The molecule has 0 N–H and O–H groups in total. The molecular weight excluding hydrogens is 468 g/mol. The topological polar surface area (TPSA) is 67.1 Å². The van der Waals surface area contributed by atoms with Crippen molar-refractivity contribution >= 4 is 17.0 Å². The van der Waals surface area contributed by atoms with E-state index in [0.29, 0.717) is 63.9 Å². The van der Waals surface area contributed by atoms with Crippen LogP contribution in [0.5, 0.6) is 23.0 Å². The molecule has 0 saturated carbocycles. The summed E-state index contributed by atoms with van der Waals surface area (Å²) in [5.74, 6) is 2.84. The van der Waals surface area contributed by atoms with Gasteiger partial charge in [0.1, 0.15) is 23.7 Å². The van der Waals surface area contributed by atoms with E-state index in [0.717, 1.165) is 11.1 Å². The molecular formula is C31H30O6. The van der Waals surface area contributed by atoms with Gasteiger partial charge in [-0.3, -0.25) is 4.79 Å². The number of allylic oxidation sites excluding steroid dienone is 1. The lowest BCUT2D eigenvalue weighted by Gasteiger charge is -2.14. The zero-order valence-corrected chi connectivity index (χ0v) is 21.5. The first-order valence-corrected chi connectivity index (χ1v) is 11.9. The number of hydrogen-bond donors (Lipinski definition) is 0. The molecule has 190 valence electrons. The molecule has 0 aliphatic heterocycles. The van der Waals surface area contributed by atoms with E-state index >= 15 is 0 Å². The van der Waals surface area contributed by atoms with Gasteiger partial charge in [-0.05, 0) is 43.2 Å². The Morgan fingerprint density at radius 3 is 2.24 bits per heavy atom. The van der Waals surface area contributed by atoms with Crippen molar-refractivity contribution in [3.05, 3.63) is 100 Å². The number of methoxy groups -OCH3 is 3. The third kappa shape index (κ3) is 5.23. The lowest BCUT2D eigenvalue weighted by atomic mass is 10.0. The molecule has 0 unspecified atom stereocenters. The standard InChI is InChI=1S/C31H30O6/c1-6-17-36-25-16-15-24-28(32)20(2)29(22-12-8-7-9-13-22)37-30(24)23(25)14-10-11-21-18-26(33-3)31(35-5)27(19-21)34-4/h6-10,12-16,18-19H,1,11,17H2,2-5H3. The van der Waals surface area contributed by atoms with E-state index in [9.17, 15) is 4.79 Å². The summed E-state index contributed by atoms with van der Waals surface area (Å²) in [6, 6.07) is 17.0. The Labute approximate surface area is 216 Å². The first kappa shape index (κ1) is 25.6. The molecule has 6 heteroatoms. The molecule has 0 amide bonds. The van der Waals surface area contributed by atoms with Crippen LogP contribution >= 0.6 is 0 Å². The average molecular weight is 499 g/mol. The van der Waals surface area contributed by atoms with Gasteiger partial charge in [0, 0.05) is 11.1 Å². The fourth-order valence-electron chi connectivity index (χ4n) is 4.22. The highest BCUT2D eigenvalue weighted by Crippen LogP contribution is 2.38. The third-order valence-electron chi connectivity index (χ3n) is 6.04. The van der Waals surface area contributed by atoms with Crippen LogP contribution in [-0.2, 0) is 6.42 Å². The van der Waals surface area contributed by atoms with Gasteiger partial charge in [-0.2, -0.15) is 0 Å². The molecule has 0 saturated heterocycles. The molecule has 37 heavy (non-hydrogen) atoms. The molecule has 0 bridgehead atoms. The molecule has 0 spiro atoms. The monoisotopic (exact) mass is 498 g/mol. The van der Waals surface area contributed by atoms with E-state index < -0.39 is 0 Å². The van der Waals surface area contributed by atoms with Crippen LogP contribution in [0.25, 0.3) is 28.4 Å². The Hall–Kier alpha value is -4.45. The second kappa shape index (κ2) is 11.5. The second-order valence-electron chi connectivity index (χ2n) is 8.35. The van der Waals surface area contributed by atoms with Crippen LogP contribution in [0.2, 0.25) is 0 Å². The van der Waals surface area contributed by atoms with Crippen molar-refractivity contribution in [1.82, 2.24) is 0 Å². The van der Waals surface area contributed by atoms with Gasteiger partial charge >= 0.3 is 0 Å². The van der Waals surface area contributed by atoms with Crippen LogP contribution in [0, 0.1) is 6.92 Å². The zero-order valence-electron chi connectivity index (χ0n) is 21.5. The Bertz CT molecular complexity index is 1470. The van der Waals surface area contributed by atoms with Crippen LogP contribution in [0.3, 0.4) is 0 Å². The summed E-state index contributed by atoms with van der Waals surface area (Å²) in [4.78, 5) is 13.3. The average Bonchev–Trinajstić information content (AvgIpc) is 2.94. The van der Waals surface area contributed by atoms with Gasteiger partial charge in [0.15, 0.2) is 16.9 Å². The van der Waals surface area contributed by atoms with E-state index in [-0.39, 0.29) is 5.43 Å². The first-order valence-electron chi connectivity index (χ1n) is 11.9. The van der Waals surface area contributed by atoms with Crippen LogP contribution in [0.1, 0.15) is 16.7 Å². The van der Waals surface area contributed by atoms with Gasteiger partial charge in [-0.1, -0.05) is 55.1 Å². The van der Waals surface area contributed by atoms with Crippen molar-refractivity contribution < 1.29 is 23.4 Å². The summed E-state index contributed by atoms with van der Waals surface area (Å²) in [5.41, 5.74) is 3.43. The quantitative estimate of drug-likeness (QED) is 0.229. The Morgan fingerprint density at radius 2 is 1.62 bits per heavy atom. The summed E-state index contributed by atoms with van der Waals surface area (Å²) in [6.45, 7) is 5.85. The zero-order chi connectivity index (χ0) is 26.4. The van der Waals surface area contributed by atoms with Gasteiger partial charge in [-0.25, -0.2) is 0 Å². The van der Waals surface area contributed by atoms with E-state index in [1.807, 2.05) is 54.6 Å². The molecule has 1 aromatic heterocycles. The molecule has 4 aromatic rings. The smallest absolute Gasteiger partial charge is 0.203 e. The van der Waals surface area contributed by atoms with Crippen molar-refractivity contribution in [2.45, 2.75) is 13.3 Å². The molecule has 0 fully saturated rings. The maximum Gasteiger partial charge on any atom is 0.203 e. The van der Waals surface area contributed by atoms with Gasteiger partial charge in [0.25, 0.3) is 0 Å². The van der Waals surface area contributed by atoms with E-state index in [4.69, 9.17) is 23.4 Å². The summed E-state index contributed by atoms with van der Waals surface area (Å²) in [7, 11) is 4.75. The summed E-state index contributed by atoms with van der Waals surface area (Å²) in [5, 5.41) is 0.496. The minimum atomic E-state index is -0.0744. The van der Waals surface area contributed by atoms with Crippen molar-refractivity contribution in [2.75, 3.05) is 27.9 Å². The Morgan fingerprint density at radius 1 is 0.919 bits per heavy atom. The summed E-state index contributed by atoms with van der Waals surface area (Å²) < 4.78 is 28.7. The van der Waals surface area contributed by atoms with E-state index in [1.165, 1.54) is 0 Å². The predicted octanol–water partition coefficient (Wildman–Crippen LogP) is 6.61. The molecule has 0 radical (unpaired) electrons. The van der Waals surface area contributed by atoms with E-state index in [2.05, 4.69) is 6.58 Å². The SMILES string of the molecule is C=CCOc1ccc2c(=O)c(C)c(-c3ccccc3)oc2c1C=CCc1cc(OC)c(OC)c(OC)c1. The fraction of sp³-hybridized carbons (Fsp3) is 0.194. The highest BCUT2D eigenvalue weighted by atomic mass is 16.5. The summed E-state index contributed by atoms with van der Waals surface area (Å²) in [6.07, 6.45) is 6.14.